The first-order chi connectivity index (χ1) is 10.1. The van der Waals surface area contributed by atoms with Gasteiger partial charge in [-0.15, -0.1) is 11.3 Å². The summed E-state index contributed by atoms with van der Waals surface area (Å²) >= 11 is 7.13. The summed E-state index contributed by atoms with van der Waals surface area (Å²) in [4.78, 5) is 12.6. The molecule has 3 N–H and O–H groups in total. The van der Waals surface area contributed by atoms with Gasteiger partial charge in [0.05, 0.1) is 22.2 Å². The highest BCUT2D eigenvalue weighted by molar-refractivity contribution is 7.18. The third-order valence-corrected chi connectivity index (χ3v) is 4.67. The van der Waals surface area contributed by atoms with E-state index in [1.807, 2.05) is 42.6 Å². The lowest BCUT2D eigenvalue weighted by Crippen LogP contribution is -3.00. The maximum Gasteiger partial charge on any atom is 0.178 e. The topological polar surface area (TPSA) is 53.9 Å². The normalized spacial score (nSPS) is 13.2. The van der Waals surface area contributed by atoms with Gasteiger partial charge in [-0.3, -0.25) is 4.79 Å². The van der Waals surface area contributed by atoms with Crippen molar-refractivity contribution in [1.82, 2.24) is 0 Å². The van der Waals surface area contributed by atoms with Crippen molar-refractivity contribution >= 4 is 28.7 Å². The van der Waals surface area contributed by atoms with Crippen LogP contribution in [0.15, 0.2) is 42.5 Å². The number of rotatable bonds is 7. The molecule has 0 saturated heterocycles. The lowest BCUT2D eigenvalue weighted by molar-refractivity contribution is -0.693. The second-order valence-electron chi connectivity index (χ2n) is 5.02. The maximum atomic E-state index is 11.9. The molecule has 1 aromatic carbocycles. The average Bonchev–Trinajstić information content (AvgIpc) is 2.94. The van der Waals surface area contributed by atoms with Crippen LogP contribution in [0, 0.1) is 0 Å². The number of halogens is 2. The summed E-state index contributed by atoms with van der Waals surface area (Å²) in [6, 6.07) is 13.1. The van der Waals surface area contributed by atoms with E-state index in [2.05, 4.69) is 0 Å². The quantitative estimate of drug-likeness (QED) is 0.664. The molecule has 1 aromatic heterocycles. The molecule has 0 fully saturated rings. The fourth-order valence-corrected chi connectivity index (χ4v) is 3.16. The van der Waals surface area contributed by atoms with E-state index in [4.69, 9.17) is 11.6 Å². The summed E-state index contributed by atoms with van der Waals surface area (Å²) in [7, 11) is 0. The Morgan fingerprint density at radius 3 is 2.55 bits per heavy atom. The number of benzene rings is 1. The van der Waals surface area contributed by atoms with E-state index >= 15 is 0 Å². The summed E-state index contributed by atoms with van der Waals surface area (Å²) < 4.78 is 0.634. The Balaban J connectivity index is 0.00000242. The van der Waals surface area contributed by atoms with Crippen molar-refractivity contribution in [1.29, 1.82) is 0 Å². The molecule has 2 atom stereocenters. The molecule has 22 heavy (non-hydrogen) atoms. The van der Waals surface area contributed by atoms with Crippen LogP contribution in [0.4, 0.5) is 0 Å². The van der Waals surface area contributed by atoms with Crippen molar-refractivity contribution in [3.05, 3.63) is 57.2 Å². The lowest BCUT2D eigenvalue weighted by atomic mass is 10.0. The Kier molecular flexibility index (Phi) is 8.07. The summed E-state index contributed by atoms with van der Waals surface area (Å²) in [6.45, 7) is 2.61. The predicted octanol–water partition coefficient (Wildman–Crippen LogP) is -0.336. The monoisotopic (exact) mass is 359 g/mol. The Morgan fingerprint density at radius 2 is 1.95 bits per heavy atom. The molecule has 0 aliphatic heterocycles. The zero-order valence-corrected chi connectivity index (χ0v) is 14.5. The highest BCUT2D eigenvalue weighted by Gasteiger charge is 2.19. The van der Waals surface area contributed by atoms with Crippen molar-refractivity contribution in [2.45, 2.75) is 25.5 Å². The van der Waals surface area contributed by atoms with Crippen LogP contribution < -0.4 is 17.7 Å². The molecule has 3 nitrogen and oxygen atoms in total. The van der Waals surface area contributed by atoms with Gasteiger partial charge in [0.2, 0.25) is 0 Å². The van der Waals surface area contributed by atoms with E-state index in [0.717, 1.165) is 5.56 Å². The first-order valence-corrected chi connectivity index (χ1v) is 8.12. The van der Waals surface area contributed by atoms with Gasteiger partial charge in [-0.25, -0.2) is 0 Å². The summed E-state index contributed by atoms with van der Waals surface area (Å²) in [5.41, 5.74) is 0.901. The van der Waals surface area contributed by atoms with E-state index < -0.39 is 6.10 Å². The number of carbonyl (C=O) groups is 1. The zero-order valence-electron chi connectivity index (χ0n) is 12.2. The van der Waals surface area contributed by atoms with Crippen LogP contribution in [0.2, 0.25) is 4.34 Å². The van der Waals surface area contributed by atoms with Gasteiger partial charge in [0, 0.05) is 0 Å². The molecule has 0 saturated carbocycles. The number of nitrogens with two attached hydrogens (primary N) is 1. The molecule has 2 rings (SSSR count). The molecule has 0 bridgehead atoms. The molecule has 0 spiro atoms. The standard InChI is InChI=1S/C16H18ClNO2S.ClH/c1-11(16(20)12-5-3-2-4-6-12)18-10-9-13(19)14-7-8-15(17)21-14;/h2-8,11,16,18,20H,9-10H2,1H3;1H. The number of Topliss-reactive ketones (excluding diaryl/α,β-unsaturated/α-hetero) is 1. The number of thiophene rings is 1. The third kappa shape index (κ3) is 5.38. The minimum atomic E-state index is -0.530. The largest absolute Gasteiger partial charge is 1.00 e. The van der Waals surface area contributed by atoms with Gasteiger partial charge in [0.1, 0.15) is 12.1 Å². The van der Waals surface area contributed by atoms with E-state index in [1.165, 1.54) is 11.3 Å². The Hall–Kier alpha value is -0.910. The van der Waals surface area contributed by atoms with Crippen molar-refractivity contribution in [3.8, 4) is 0 Å². The zero-order chi connectivity index (χ0) is 15.2. The van der Waals surface area contributed by atoms with Crippen LogP contribution >= 0.6 is 22.9 Å². The molecule has 6 heteroatoms. The number of aliphatic hydroxyl groups is 1. The second kappa shape index (κ2) is 9.28. The van der Waals surface area contributed by atoms with Gasteiger partial charge in [-0.05, 0) is 24.6 Å². The van der Waals surface area contributed by atoms with Crippen LogP contribution in [0.25, 0.3) is 0 Å². The molecule has 0 radical (unpaired) electrons. The number of hydrogen-bond donors (Lipinski definition) is 2. The number of quaternary nitrogens is 1. The average molecular weight is 360 g/mol. The minimum Gasteiger partial charge on any atom is -1.00 e. The van der Waals surface area contributed by atoms with Crippen LogP contribution in [0.5, 0.6) is 0 Å². The van der Waals surface area contributed by atoms with E-state index in [-0.39, 0.29) is 24.2 Å². The molecule has 1 heterocycles. The van der Waals surface area contributed by atoms with Gasteiger partial charge < -0.3 is 22.8 Å². The minimum absolute atomic E-state index is 0. The first kappa shape index (κ1) is 19.1. The van der Waals surface area contributed by atoms with Crippen molar-refractivity contribution in [3.63, 3.8) is 0 Å². The smallest absolute Gasteiger partial charge is 0.178 e. The number of carbonyl (C=O) groups excluding carboxylic acids is 1. The molecule has 2 aromatic rings. The van der Waals surface area contributed by atoms with Crippen LogP contribution in [-0.2, 0) is 0 Å². The highest BCUT2D eigenvalue weighted by Crippen LogP contribution is 2.22. The molecule has 0 aliphatic rings. The number of hydrogen-bond acceptors (Lipinski definition) is 3. The molecule has 0 amide bonds. The summed E-state index contributed by atoms with van der Waals surface area (Å²) in [5.74, 6) is 0.101. The lowest BCUT2D eigenvalue weighted by Gasteiger charge is -2.17. The number of aliphatic hydroxyl groups excluding tert-OH is 1. The number of ketones is 1. The second-order valence-corrected chi connectivity index (χ2v) is 6.73. The molecule has 120 valence electrons. The Bertz CT molecular complexity index is 589. The van der Waals surface area contributed by atoms with E-state index in [1.54, 1.807) is 12.1 Å². The van der Waals surface area contributed by atoms with Crippen LogP contribution in [0.3, 0.4) is 0 Å². The molecular weight excluding hydrogens is 341 g/mol. The van der Waals surface area contributed by atoms with Gasteiger partial charge in [-0.1, -0.05) is 41.9 Å². The van der Waals surface area contributed by atoms with E-state index in [9.17, 15) is 9.90 Å². The maximum absolute atomic E-state index is 11.9. The van der Waals surface area contributed by atoms with Crippen LogP contribution in [-0.4, -0.2) is 23.5 Å². The summed E-state index contributed by atoms with van der Waals surface area (Å²) in [6.07, 6.45) is -0.0830. The van der Waals surface area contributed by atoms with Gasteiger partial charge in [-0.2, -0.15) is 0 Å². The fourth-order valence-electron chi connectivity index (χ4n) is 2.15. The Labute approximate surface area is 145 Å². The van der Waals surface area contributed by atoms with Gasteiger partial charge in [0.15, 0.2) is 5.78 Å². The predicted molar refractivity (Wildman–Crippen MR) is 85.9 cm³/mol. The van der Waals surface area contributed by atoms with Crippen molar-refractivity contribution in [2.75, 3.05) is 6.54 Å². The van der Waals surface area contributed by atoms with Crippen molar-refractivity contribution < 1.29 is 27.6 Å². The molecule has 2 unspecified atom stereocenters. The third-order valence-electron chi connectivity index (χ3n) is 3.40. The van der Waals surface area contributed by atoms with Gasteiger partial charge in [0.25, 0.3) is 0 Å². The fraction of sp³-hybridized carbons (Fsp3) is 0.312. The van der Waals surface area contributed by atoms with Gasteiger partial charge >= 0.3 is 0 Å². The SMILES string of the molecule is CC([NH2+]CCC(=O)c1ccc(Cl)s1)C(O)c1ccccc1.[Cl-]. The molecular formula is C16H19Cl2NO2S. The highest BCUT2D eigenvalue weighted by atomic mass is 35.5. The van der Waals surface area contributed by atoms with E-state index in [0.29, 0.717) is 22.2 Å². The molecule has 0 aliphatic carbocycles. The van der Waals surface area contributed by atoms with Crippen molar-refractivity contribution in [2.24, 2.45) is 0 Å². The van der Waals surface area contributed by atoms with Crippen LogP contribution in [0.1, 0.15) is 34.7 Å². The Morgan fingerprint density at radius 1 is 1.27 bits per heavy atom. The first-order valence-electron chi connectivity index (χ1n) is 6.93. The summed E-state index contributed by atoms with van der Waals surface area (Å²) in [5, 5.41) is 12.2.